The zero-order valence-electron chi connectivity index (χ0n) is 8.68. The Kier molecular flexibility index (Phi) is 3.94. The van der Waals surface area contributed by atoms with Gasteiger partial charge in [0.05, 0.1) is 9.82 Å². The van der Waals surface area contributed by atoms with Gasteiger partial charge in [-0.3, -0.25) is 10.1 Å². The highest BCUT2D eigenvalue weighted by Gasteiger charge is 2.16. The van der Waals surface area contributed by atoms with Gasteiger partial charge < -0.3 is 5.11 Å². The molecule has 0 atom stereocenters. The molecular formula is C8H7N3O6S. The Hall–Kier alpha value is -2.49. The molecule has 10 heteroatoms. The topological polar surface area (TPSA) is 139 Å². The number of carboxylic acids is 1. The van der Waals surface area contributed by atoms with E-state index >= 15 is 0 Å². The van der Waals surface area contributed by atoms with Gasteiger partial charge in [-0.2, -0.15) is 18.4 Å². The number of nitro groups is 1. The van der Waals surface area contributed by atoms with Crippen molar-refractivity contribution in [3.63, 3.8) is 0 Å². The van der Waals surface area contributed by atoms with E-state index in [-0.39, 0.29) is 4.90 Å². The van der Waals surface area contributed by atoms with Gasteiger partial charge in [0.2, 0.25) is 0 Å². The van der Waals surface area contributed by atoms with E-state index in [0.717, 1.165) is 18.2 Å². The summed E-state index contributed by atoms with van der Waals surface area (Å²) in [5.41, 5.74) is -0.403. The third-order valence-electron chi connectivity index (χ3n) is 1.69. The summed E-state index contributed by atoms with van der Waals surface area (Å²) < 4.78 is 23.1. The summed E-state index contributed by atoms with van der Waals surface area (Å²) in [6.07, 6.45) is 0.342. The lowest BCUT2D eigenvalue weighted by Crippen LogP contribution is -2.19. The van der Waals surface area contributed by atoms with Gasteiger partial charge >= 0.3 is 5.97 Å². The first kappa shape index (κ1) is 13.6. The lowest BCUT2D eigenvalue weighted by Gasteiger charge is -2.02. The number of hydrazone groups is 1. The number of hydrogen-bond donors (Lipinski definition) is 2. The molecule has 0 fully saturated rings. The third kappa shape index (κ3) is 3.52. The number of sulfonamides is 1. The van der Waals surface area contributed by atoms with Crippen LogP contribution in [0.3, 0.4) is 0 Å². The maximum Gasteiger partial charge on any atom is 0.348 e. The van der Waals surface area contributed by atoms with Gasteiger partial charge in [-0.25, -0.2) is 4.79 Å². The fraction of sp³-hybridized carbons (Fsp3) is 0. The maximum absolute atomic E-state index is 11.5. The van der Waals surface area contributed by atoms with Crippen LogP contribution in [0.25, 0.3) is 0 Å². The Morgan fingerprint density at radius 2 is 2.17 bits per heavy atom. The molecule has 9 nitrogen and oxygen atoms in total. The quantitative estimate of drug-likeness (QED) is 0.437. The van der Waals surface area contributed by atoms with Crippen molar-refractivity contribution in [2.45, 2.75) is 4.90 Å². The van der Waals surface area contributed by atoms with E-state index in [4.69, 9.17) is 5.11 Å². The van der Waals surface area contributed by atoms with Crippen molar-refractivity contribution in [3.8, 4) is 0 Å². The van der Waals surface area contributed by atoms with Crippen LogP contribution in [0, 0.1) is 10.1 Å². The van der Waals surface area contributed by atoms with E-state index in [1.807, 2.05) is 0 Å². The van der Waals surface area contributed by atoms with Crippen LogP contribution in [0.4, 0.5) is 5.69 Å². The fourth-order valence-electron chi connectivity index (χ4n) is 0.968. The van der Waals surface area contributed by atoms with E-state index in [1.165, 1.54) is 6.07 Å². The lowest BCUT2D eigenvalue weighted by atomic mass is 10.3. The van der Waals surface area contributed by atoms with Gasteiger partial charge in [0.25, 0.3) is 15.7 Å². The van der Waals surface area contributed by atoms with Crippen molar-refractivity contribution in [1.82, 2.24) is 4.83 Å². The van der Waals surface area contributed by atoms with Gasteiger partial charge in [0.1, 0.15) is 6.21 Å². The molecule has 0 aliphatic carbocycles. The molecular weight excluding hydrogens is 266 g/mol. The van der Waals surface area contributed by atoms with Crippen LogP contribution < -0.4 is 4.83 Å². The zero-order valence-corrected chi connectivity index (χ0v) is 9.49. The zero-order chi connectivity index (χ0) is 13.8. The molecule has 0 saturated heterocycles. The van der Waals surface area contributed by atoms with Gasteiger partial charge in [-0.05, 0) is 6.07 Å². The summed E-state index contributed by atoms with van der Waals surface area (Å²) >= 11 is 0. The van der Waals surface area contributed by atoms with E-state index < -0.39 is 26.6 Å². The number of nitro benzene ring substituents is 1. The summed E-state index contributed by atoms with van der Waals surface area (Å²) in [6.45, 7) is 0. The average Bonchev–Trinajstić information content (AvgIpc) is 2.28. The minimum absolute atomic E-state index is 0.342. The van der Waals surface area contributed by atoms with Crippen LogP contribution in [0.1, 0.15) is 0 Å². The highest BCUT2D eigenvalue weighted by molar-refractivity contribution is 7.89. The second-order valence-electron chi connectivity index (χ2n) is 2.95. The lowest BCUT2D eigenvalue weighted by molar-refractivity contribution is -0.385. The van der Waals surface area contributed by atoms with Crippen molar-refractivity contribution < 1.29 is 23.2 Å². The standard InChI is InChI=1S/C8H7N3O6S/c12-8(13)5-9-10-18(16,17)7-3-1-2-6(4-7)11(14)15/h1-5,10H,(H,12,13)/b9-5+. The van der Waals surface area contributed by atoms with E-state index in [2.05, 4.69) is 5.10 Å². The Bertz CT molecular complexity index is 609. The average molecular weight is 273 g/mol. The molecule has 0 bridgehead atoms. The smallest absolute Gasteiger partial charge is 0.348 e. The van der Waals surface area contributed by atoms with Crippen molar-refractivity contribution >= 4 is 27.9 Å². The van der Waals surface area contributed by atoms with Crippen LogP contribution in [-0.4, -0.2) is 30.6 Å². The SMILES string of the molecule is O=C(O)/C=N/NS(=O)(=O)c1cccc([N+](=O)[O-])c1. The molecule has 0 aliphatic rings. The molecule has 0 aliphatic heterocycles. The van der Waals surface area contributed by atoms with Crippen LogP contribution in [0.2, 0.25) is 0 Å². The largest absolute Gasteiger partial charge is 0.477 e. The number of rotatable bonds is 5. The first-order valence-electron chi connectivity index (χ1n) is 4.35. The fourth-order valence-corrected chi connectivity index (χ4v) is 1.80. The van der Waals surface area contributed by atoms with Crippen LogP contribution in [-0.2, 0) is 14.8 Å². The first-order valence-corrected chi connectivity index (χ1v) is 5.83. The van der Waals surface area contributed by atoms with Gasteiger partial charge in [-0.1, -0.05) is 6.07 Å². The predicted molar refractivity (Wildman–Crippen MR) is 59.5 cm³/mol. The minimum Gasteiger partial charge on any atom is -0.477 e. The number of nitrogens with one attached hydrogen (secondary N) is 1. The molecule has 2 N–H and O–H groups in total. The van der Waals surface area contributed by atoms with Gasteiger partial charge in [-0.15, -0.1) is 0 Å². The highest BCUT2D eigenvalue weighted by Crippen LogP contribution is 2.16. The van der Waals surface area contributed by atoms with Crippen LogP contribution in [0.15, 0.2) is 34.3 Å². The molecule has 0 aromatic heterocycles. The van der Waals surface area contributed by atoms with Crippen LogP contribution >= 0.6 is 0 Å². The molecule has 1 rings (SSSR count). The van der Waals surface area contributed by atoms with E-state index in [0.29, 0.717) is 6.21 Å². The number of aliphatic carboxylic acids is 1. The summed E-state index contributed by atoms with van der Waals surface area (Å²) in [6, 6.07) is 4.26. The molecule has 1 aromatic carbocycles. The molecule has 0 saturated carbocycles. The number of carboxylic acid groups (broad SMARTS) is 1. The van der Waals surface area contributed by atoms with Crippen molar-refractivity contribution in [1.29, 1.82) is 0 Å². The number of nitrogens with zero attached hydrogens (tertiary/aromatic N) is 2. The van der Waals surface area contributed by atoms with Gasteiger partial charge in [0, 0.05) is 12.1 Å². The molecule has 96 valence electrons. The third-order valence-corrected chi connectivity index (χ3v) is 2.91. The molecule has 0 radical (unpaired) electrons. The highest BCUT2D eigenvalue weighted by atomic mass is 32.2. The number of benzene rings is 1. The Labute approximate surface area is 101 Å². The second-order valence-corrected chi connectivity index (χ2v) is 4.61. The Morgan fingerprint density at radius 1 is 1.50 bits per heavy atom. The Balaban J connectivity index is 3.02. The van der Waals surface area contributed by atoms with Crippen LogP contribution in [0.5, 0.6) is 0 Å². The molecule has 1 aromatic rings. The summed E-state index contributed by atoms with van der Waals surface area (Å²) in [5, 5.41) is 21.7. The van der Waals surface area contributed by atoms with Crippen molar-refractivity contribution in [3.05, 3.63) is 34.4 Å². The number of hydrogen-bond acceptors (Lipinski definition) is 6. The van der Waals surface area contributed by atoms with Crippen molar-refractivity contribution in [2.24, 2.45) is 5.10 Å². The summed E-state index contributed by atoms with van der Waals surface area (Å²) in [4.78, 5) is 21.0. The normalized spacial score (nSPS) is 11.3. The Morgan fingerprint density at radius 3 is 2.72 bits per heavy atom. The molecule has 18 heavy (non-hydrogen) atoms. The van der Waals surface area contributed by atoms with Gasteiger partial charge in [0.15, 0.2) is 0 Å². The van der Waals surface area contributed by atoms with E-state index in [9.17, 15) is 23.3 Å². The summed E-state index contributed by atoms with van der Waals surface area (Å²) in [7, 11) is -4.13. The molecule has 0 spiro atoms. The first-order chi connectivity index (χ1) is 8.33. The molecule has 0 unspecified atom stereocenters. The predicted octanol–water partition coefficient (Wildman–Crippen LogP) is -0.0565. The second kappa shape index (κ2) is 5.23. The van der Waals surface area contributed by atoms with Crippen molar-refractivity contribution in [2.75, 3.05) is 0 Å². The summed E-state index contributed by atoms with van der Waals surface area (Å²) in [5.74, 6) is -1.43. The molecule has 0 heterocycles. The maximum atomic E-state index is 11.5. The number of non-ortho nitro benzene ring substituents is 1. The van der Waals surface area contributed by atoms with E-state index in [1.54, 1.807) is 4.83 Å². The molecule has 0 amide bonds. The monoisotopic (exact) mass is 273 g/mol. The minimum atomic E-state index is -4.13. The number of carbonyl (C=O) groups is 1.